The maximum Gasteiger partial charge on any atom is 0.417 e. The van der Waals surface area contributed by atoms with E-state index in [1.54, 1.807) is 13.0 Å². The molecule has 0 fully saturated rings. The van der Waals surface area contributed by atoms with Gasteiger partial charge in [-0.25, -0.2) is 0 Å². The second kappa shape index (κ2) is 10.1. The van der Waals surface area contributed by atoms with Gasteiger partial charge in [0.05, 0.1) is 28.4 Å². The van der Waals surface area contributed by atoms with Crippen LogP contribution in [0.15, 0.2) is 45.7 Å². The summed E-state index contributed by atoms with van der Waals surface area (Å²) in [4.78, 5) is 42.9. The zero-order chi connectivity index (χ0) is 27.2. The molecule has 0 saturated heterocycles. The van der Waals surface area contributed by atoms with Crippen LogP contribution in [-0.4, -0.2) is 39.4 Å². The number of carbonyl (C=O) groups excluding carboxylic acids is 2. The first kappa shape index (κ1) is 27.1. The molecule has 3 aromatic rings. The van der Waals surface area contributed by atoms with Crippen molar-refractivity contribution >= 4 is 51.6 Å². The number of amides is 2. The van der Waals surface area contributed by atoms with Crippen LogP contribution < -0.4 is 10.9 Å². The summed E-state index contributed by atoms with van der Waals surface area (Å²) in [7, 11) is 1.47. The standard InChI is InChI=1S/C24H19BrClF3N4O3S/c1-11-7-15-19(10-32(11)21(35)12-3-6-17(25)16(8-12)24(27,28)29)31-23(37)33(22(15)36)13-4-5-14(18(26)9-13)20(34)30-2/h3-6,8-9,11H,7,10H2,1-2H3,(H,30,34)(H,31,37)/t11-/m1/s1. The number of alkyl halides is 3. The summed E-state index contributed by atoms with van der Waals surface area (Å²) in [6.45, 7) is 1.67. The Labute approximate surface area is 227 Å². The van der Waals surface area contributed by atoms with Crippen molar-refractivity contribution in [3.05, 3.63) is 89.0 Å². The molecular weight excluding hydrogens is 597 g/mol. The number of nitrogens with zero attached hydrogens (tertiary/aromatic N) is 2. The highest BCUT2D eigenvalue weighted by molar-refractivity contribution is 9.10. The SMILES string of the molecule is CNC(=O)c1ccc(-n2c(=S)[nH]c3c(c2=O)C[C@@H](C)N(C(=O)c2ccc(Br)c(C(F)(F)F)c2)C3)cc1Cl. The maximum atomic E-state index is 13.4. The number of nitrogens with one attached hydrogen (secondary N) is 2. The molecule has 0 unspecified atom stereocenters. The van der Waals surface area contributed by atoms with Gasteiger partial charge in [0, 0.05) is 34.4 Å². The third-order valence-corrected chi connectivity index (χ3v) is 7.40. The molecule has 2 N–H and O–H groups in total. The number of aromatic amines is 1. The number of hydrogen-bond acceptors (Lipinski definition) is 4. The lowest BCUT2D eigenvalue weighted by Crippen LogP contribution is -2.45. The van der Waals surface area contributed by atoms with Gasteiger partial charge < -0.3 is 15.2 Å². The van der Waals surface area contributed by atoms with Crippen molar-refractivity contribution in [3.63, 3.8) is 0 Å². The highest BCUT2D eigenvalue weighted by Gasteiger charge is 2.35. The first-order valence-corrected chi connectivity index (χ1v) is 12.5. The summed E-state index contributed by atoms with van der Waals surface area (Å²) in [5, 5.41) is 2.61. The molecule has 0 saturated carbocycles. The Bertz CT molecular complexity index is 1550. The molecule has 1 aromatic heterocycles. The molecule has 1 aliphatic rings. The van der Waals surface area contributed by atoms with Crippen LogP contribution in [0.5, 0.6) is 0 Å². The number of carbonyl (C=O) groups is 2. The molecule has 2 amide bonds. The van der Waals surface area contributed by atoms with Crippen molar-refractivity contribution in [2.45, 2.75) is 32.1 Å². The Morgan fingerprint density at radius 3 is 2.54 bits per heavy atom. The summed E-state index contributed by atoms with van der Waals surface area (Å²) < 4.78 is 41.2. The predicted molar refractivity (Wildman–Crippen MR) is 138 cm³/mol. The Morgan fingerprint density at radius 2 is 1.92 bits per heavy atom. The van der Waals surface area contributed by atoms with Gasteiger partial charge in [-0.2, -0.15) is 13.2 Å². The molecule has 4 rings (SSSR count). The minimum absolute atomic E-state index is 0.0389. The normalized spacial score (nSPS) is 15.3. The molecular formula is C24H19BrClF3N4O3S. The van der Waals surface area contributed by atoms with Crippen molar-refractivity contribution in [2.24, 2.45) is 0 Å². The Morgan fingerprint density at radius 1 is 1.22 bits per heavy atom. The largest absolute Gasteiger partial charge is 0.417 e. The Kier molecular flexibility index (Phi) is 7.37. The maximum absolute atomic E-state index is 13.4. The van der Waals surface area contributed by atoms with Gasteiger partial charge in [0.15, 0.2) is 4.77 Å². The number of rotatable bonds is 3. The molecule has 194 valence electrons. The number of fused-ring (bicyclic) bond motifs is 1. The molecule has 0 spiro atoms. The average molecular weight is 616 g/mol. The molecule has 7 nitrogen and oxygen atoms in total. The number of halogens is 5. The lowest BCUT2D eigenvalue weighted by Gasteiger charge is -2.34. The van der Waals surface area contributed by atoms with E-state index in [1.165, 1.54) is 40.8 Å². The van der Waals surface area contributed by atoms with Gasteiger partial charge in [0.1, 0.15) is 0 Å². The molecule has 2 aromatic carbocycles. The average Bonchev–Trinajstić information content (AvgIpc) is 2.83. The summed E-state index contributed by atoms with van der Waals surface area (Å²) in [6, 6.07) is 7.30. The monoisotopic (exact) mass is 614 g/mol. The quantitative estimate of drug-likeness (QED) is 0.393. The minimum atomic E-state index is -4.63. The van der Waals surface area contributed by atoms with E-state index in [2.05, 4.69) is 26.2 Å². The fourth-order valence-corrected chi connectivity index (χ4v) is 5.25. The number of aromatic nitrogens is 2. The first-order chi connectivity index (χ1) is 17.3. The van der Waals surface area contributed by atoms with Crippen LogP contribution >= 0.6 is 39.7 Å². The van der Waals surface area contributed by atoms with Gasteiger partial charge in [-0.05, 0) is 62.0 Å². The number of H-pyrrole nitrogens is 1. The second-order valence-electron chi connectivity index (χ2n) is 8.45. The predicted octanol–water partition coefficient (Wildman–Crippen LogP) is 5.28. The fourth-order valence-electron chi connectivity index (χ4n) is 4.20. The first-order valence-electron chi connectivity index (χ1n) is 10.9. The molecule has 1 atom stereocenters. The highest BCUT2D eigenvalue weighted by Crippen LogP contribution is 2.36. The lowest BCUT2D eigenvalue weighted by molar-refractivity contribution is -0.138. The van der Waals surface area contributed by atoms with Gasteiger partial charge in [0.2, 0.25) is 0 Å². The van der Waals surface area contributed by atoms with Gasteiger partial charge in [-0.1, -0.05) is 27.5 Å². The molecule has 0 aliphatic carbocycles. The summed E-state index contributed by atoms with van der Waals surface area (Å²) >= 11 is 14.5. The molecule has 2 heterocycles. The Hall–Kier alpha value is -2.96. The molecule has 0 radical (unpaired) electrons. The third kappa shape index (κ3) is 5.10. The minimum Gasteiger partial charge on any atom is -0.355 e. The van der Waals surface area contributed by atoms with E-state index in [-0.39, 0.29) is 44.3 Å². The topological polar surface area (TPSA) is 87.2 Å². The summed E-state index contributed by atoms with van der Waals surface area (Å²) in [5.41, 5.74) is -0.104. The van der Waals surface area contributed by atoms with Crippen LogP contribution in [0.4, 0.5) is 13.2 Å². The molecule has 37 heavy (non-hydrogen) atoms. The van der Waals surface area contributed by atoms with Gasteiger partial charge in [-0.15, -0.1) is 0 Å². The lowest BCUT2D eigenvalue weighted by atomic mass is 9.98. The van der Waals surface area contributed by atoms with E-state index in [4.69, 9.17) is 23.8 Å². The van der Waals surface area contributed by atoms with Crippen LogP contribution in [0, 0.1) is 4.77 Å². The third-order valence-electron chi connectivity index (χ3n) is 6.11. The van der Waals surface area contributed by atoms with Crippen molar-refractivity contribution in [3.8, 4) is 5.69 Å². The zero-order valence-electron chi connectivity index (χ0n) is 19.4. The van der Waals surface area contributed by atoms with Crippen LogP contribution in [0.1, 0.15) is 44.5 Å². The van der Waals surface area contributed by atoms with E-state index < -0.39 is 29.2 Å². The van der Waals surface area contributed by atoms with Crippen LogP contribution in [0.25, 0.3) is 5.69 Å². The van der Waals surface area contributed by atoms with E-state index >= 15 is 0 Å². The van der Waals surface area contributed by atoms with Gasteiger partial charge >= 0.3 is 6.18 Å². The van der Waals surface area contributed by atoms with E-state index in [1.807, 2.05) is 0 Å². The van der Waals surface area contributed by atoms with Crippen LogP contribution in [0.3, 0.4) is 0 Å². The van der Waals surface area contributed by atoms with E-state index in [0.29, 0.717) is 16.9 Å². The zero-order valence-corrected chi connectivity index (χ0v) is 22.5. The van der Waals surface area contributed by atoms with Crippen molar-refractivity contribution in [1.82, 2.24) is 19.8 Å². The smallest absolute Gasteiger partial charge is 0.355 e. The van der Waals surface area contributed by atoms with E-state index in [0.717, 1.165) is 6.07 Å². The van der Waals surface area contributed by atoms with Crippen LogP contribution in [-0.2, 0) is 19.1 Å². The van der Waals surface area contributed by atoms with E-state index in [9.17, 15) is 27.6 Å². The highest BCUT2D eigenvalue weighted by atomic mass is 79.9. The van der Waals surface area contributed by atoms with Crippen LogP contribution in [0.2, 0.25) is 5.02 Å². The summed E-state index contributed by atoms with van der Waals surface area (Å²) in [6.07, 6.45) is -4.48. The molecule has 0 bridgehead atoms. The second-order valence-corrected chi connectivity index (χ2v) is 10.1. The summed E-state index contributed by atoms with van der Waals surface area (Å²) in [5.74, 6) is -0.984. The Balaban J connectivity index is 1.71. The van der Waals surface area contributed by atoms with Crippen molar-refractivity contribution in [2.75, 3.05) is 7.05 Å². The number of benzene rings is 2. The van der Waals surface area contributed by atoms with Crippen molar-refractivity contribution in [1.29, 1.82) is 0 Å². The van der Waals surface area contributed by atoms with Gasteiger partial charge in [0.25, 0.3) is 17.4 Å². The molecule has 13 heteroatoms. The van der Waals surface area contributed by atoms with Crippen molar-refractivity contribution < 1.29 is 22.8 Å². The van der Waals surface area contributed by atoms with Gasteiger partial charge in [-0.3, -0.25) is 19.0 Å². The fraction of sp³-hybridized carbons (Fsp3) is 0.250. The number of hydrogen-bond donors (Lipinski definition) is 2. The molecule has 1 aliphatic heterocycles.